The minimum absolute atomic E-state index is 0. The number of nitrogen functional groups attached to an aromatic ring is 1. The Kier molecular flexibility index (Phi) is 5.37. The van der Waals surface area contributed by atoms with Gasteiger partial charge in [-0.3, -0.25) is 9.59 Å². The molecule has 6 nitrogen and oxygen atoms in total. The fraction of sp³-hybridized carbons (Fsp3) is 0.143. The Morgan fingerprint density at radius 2 is 1.95 bits per heavy atom. The van der Waals surface area contributed by atoms with Gasteiger partial charge in [-0.25, -0.2) is 0 Å². The van der Waals surface area contributed by atoms with Gasteiger partial charge in [0.25, 0.3) is 5.56 Å². The lowest BCUT2D eigenvalue weighted by Crippen LogP contribution is -2.06. The van der Waals surface area contributed by atoms with Crippen molar-refractivity contribution in [2.75, 3.05) is 5.73 Å². The first-order chi connectivity index (χ1) is 9.52. The van der Waals surface area contributed by atoms with Crippen LogP contribution in [0.3, 0.4) is 0 Å². The Morgan fingerprint density at radius 3 is 2.57 bits per heavy atom. The van der Waals surface area contributed by atoms with Crippen molar-refractivity contribution in [1.29, 1.82) is 0 Å². The molecule has 2 heterocycles. The topological polar surface area (TPSA) is 112 Å². The molecule has 3 rings (SSSR count). The zero-order chi connectivity index (χ0) is 14.7. The number of nitrogens with two attached hydrogens (primary N) is 1. The number of H-pyrrole nitrogens is 2. The molecule has 0 atom stereocenters. The Hall–Kier alpha value is -2.47. The third-order valence-corrected chi connectivity index (χ3v) is 2.86. The number of rotatable bonds is 1. The molecule has 3 aromatic rings. The fourth-order valence-electron chi connectivity index (χ4n) is 1.86. The minimum atomic E-state index is -0.745. The maximum Gasteiger partial charge on any atom is 0.303 e. The average molecular weight is 310 g/mol. The second-order valence-corrected chi connectivity index (χ2v) is 4.27. The highest BCUT2D eigenvalue weighted by Gasteiger charge is 2.05. The third kappa shape index (κ3) is 3.55. The molecule has 0 spiro atoms. The van der Waals surface area contributed by atoms with Crippen molar-refractivity contribution in [1.82, 2.24) is 9.97 Å². The molecule has 21 heavy (non-hydrogen) atoms. The number of benzene rings is 1. The van der Waals surface area contributed by atoms with Gasteiger partial charge in [0.1, 0.15) is 5.52 Å². The molecule has 2 aromatic heterocycles. The van der Waals surface area contributed by atoms with E-state index in [1.165, 1.54) is 0 Å². The highest BCUT2D eigenvalue weighted by Crippen LogP contribution is 2.22. The summed E-state index contributed by atoms with van der Waals surface area (Å²) in [5.74, 6) is -0.745. The number of anilines is 1. The van der Waals surface area contributed by atoms with Crippen LogP contribution in [0, 0.1) is 0 Å². The first-order valence-electron chi connectivity index (χ1n) is 6.13. The number of hydrogen-bond acceptors (Lipinski definition) is 3. The highest BCUT2D eigenvalue weighted by molar-refractivity contribution is 6.05. The number of hydrogen-bond donors (Lipinski definition) is 4. The second kappa shape index (κ2) is 6.81. The number of halogens is 1. The summed E-state index contributed by atoms with van der Waals surface area (Å²) >= 11 is 0. The number of pyridine rings is 1. The molecule has 0 radical (unpaired) electrons. The first-order valence-corrected chi connectivity index (χ1v) is 6.13. The fourth-order valence-corrected chi connectivity index (χ4v) is 1.86. The maximum atomic E-state index is 11.6. The number of nitrogens with one attached hydrogen (secondary N) is 2. The third-order valence-electron chi connectivity index (χ3n) is 2.86. The van der Waals surface area contributed by atoms with Crippen LogP contribution in [0.1, 0.15) is 13.3 Å². The number of carboxylic acid groups (broad SMARTS) is 1. The zero-order valence-corrected chi connectivity index (χ0v) is 12.2. The van der Waals surface area contributed by atoms with E-state index in [1.54, 1.807) is 19.2 Å². The number of carboxylic acids is 1. The monoisotopic (exact) mass is 309 g/mol. The standard InChI is InChI=1S/C11H9N3O.C3H6O2.ClH/c12-6-1-2-9-8(5-6)7-3-4-13-10(7)11(15)14-9;1-2-3(4)5;/h1-5,13H,12H2,(H,14,15);2H2,1H3,(H,4,5);1H. The van der Waals surface area contributed by atoms with Crippen molar-refractivity contribution in [3.63, 3.8) is 0 Å². The molecular weight excluding hydrogens is 294 g/mol. The van der Waals surface area contributed by atoms with E-state index in [-0.39, 0.29) is 24.4 Å². The van der Waals surface area contributed by atoms with Crippen molar-refractivity contribution in [3.8, 4) is 0 Å². The van der Waals surface area contributed by atoms with E-state index in [0.29, 0.717) is 11.2 Å². The van der Waals surface area contributed by atoms with Crippen LogP contribution < -0.4 is 11.3 Å². The van der Waals surface area contributed by atoms with E-state index in [4.69, 9.17) is 10.8 Å². The molecule has 0 aliphatic rings. The predicted octanol–water partition coefficient (Wildman–Crippen LogP) is 2.49. The van der Waals surface area contributed by atoms with Crippen molar-refractivity contribution in [2.24, 2.45) is 0 Å². The number of aromatic amines is 2. The number of aliphatic carboxylic acids is 1. The van der Waals surface area contributed by atoms with Gasteiger partial charge < -0.3 is 20.8 Å². The Bertz CT molecular complexity index is 823. The summed E-state index contributed by atoms with van der Waals surface area (Å²) in [5, 5.41) is 9.59. The van der Waals surface area contributed by atoms with Crippen molar-refractivity contribution < 1.29 is 9.90 Å². The molecule has 0 saturated carbocycles. The van der Waals surface area contributed by atoms with Crippen LogP contribution in [-0.2, 0) is 4.79 Å². The summed E-state index contributed by atoms with van der Waals surface area (Å²) < 4.78 is 0. The summed E-state index contributed by atoms with van der Waals surface area (Å²) in [6.45, 7) is 1.60. The molecule has 0 aliphatic carbocycles. The van der Waals surface area contributed by atoms with Crippen molar-refractivity contribution in [3.05, 3.63) is 40.8 Å². The van der Waals surface area contributed by atoms with Crippen LogP contribution >= 0.6 is 12.4 Å². The molecule has 1 aromatic carbocycles. The molecule has 5 N–H and O–H groups in total. The van der Waals surface area contributed by atoms with E-state index >= 15 is 0 Å². The van der Waals surface area contributed by atoms with Gasteiger partial charge >= 0.3 is 5.97 Å². The van der Waals surface area contributed by atoms with Crippen LogP contribution in [-0.4, -0.2) is 21.0 Å². The number of carbonyl (C=O) groups is 1. The summed E-state index contributed by atoms with van der Waals surface area (Å²) in [6, 6.07) is 7.34. The molecule has 0 aliphatic heterocycles. The summed E-state index contributed by atoms with van der Waals surface area (Å²) in [5.41, 5.74) is 7.70. The molecule has 112 valence electrons. The van der Waals surface area contributed by atoms with Crippen molar-refractivity contribution in [2.45, 2.75) is 13.3 Å². The quantitative estimate of drug-likeness (QED) is 0.517. The average Bonchev–Trinajstić information content (AvgIpc) is 2.91. The lowest BCUT2D eigenvalue weighted by atomic mass is 10.1. The predicted molar refractivity (Wildman–Crippen MR) is 86.0 cm³/mol. The van der Waals surface area contributed by atoms with Gasteiger partial charge in [0.2, 0.25) is 0 Å². The number of aromatic nitrogens is 2. The van der Waals surface area contributed by atoms with Gasteiger partial charge in [0.15, 0.2) is 0 Å². The first kappa shape index (κ1) is 16.6. The summed E-state index contributed by atoms with van der Waals surface area (Å²) in [7, 11) is 0. The van der Waals surface area contributed by atoms with Gasteiger partial charge in [-0.15, -0.1) is 12.4 Å². The van der Waals surface area contributed by atoms with E-state index < -0.39 is 5.97 Å². The normalized spacial score (nSPS) is 9.76. The van der Waals surface area contributed by atoms with Crippen LogP contribution in [0.25, 0.3) is 21.8 Å². The maximum absolute atomic E-state index is 11.6. The van der Waals surface area contributed by atoms with Crippen LogP contribution in [0.5, 0.6) is 0 Å². The molecule has 0 amide bonds. The van der Waals surface area contributed by atoms with E-state index in [0.717, 1.165) is 16.3 Å². The lowest BCUT2D eigenvalue weighted by Gasteiger charge is -2.00. The van der Waals surface area contributed by atoms with Gasteiger partial charge in [-0.2, -0.15) is 0 Å². The van der Waals surface area contributed by atoms with Gasteiger partial charge in [0, 0.05) is 34.6 Å². The van der Waals surface area contributed by atoms with E-state index in [1.807, 2.05) is 18.2 Å². The molecule has 7 heteroatoms. The van der Waals surface area contributed by atoms with Gasteiger partial charge in [0.05, 0.1) is 0 Å². The van der Waals surface area contributed by atoms with Crippen LogP contribution in [0.2, 0.25) is 0 Å². The Balaban J connectivity index is 0.000000324. The molecule has 0 saturated heterocycles. The highest BCUT2D eigenvalue weighted by atomic mass is 35.5. The second-order valence-electron chi connectivity index (χ2n) is 4.27. The Labute approximate surface area is 126 Å². The molecule has 0 bridgehead atoms. The van der Waals surface area contributed by atoms with Crippen LogP contribution in [0.4, 0.5) is 5.69 Å². The number of fused-ring (bicyclic) bond motifs is 3. The van der Waals surface area contributed by atoms with Gasteiger partial charge in [-0.05, 0) is 24.3 Å². The van der Waals surface area contributed by atoms with Crippen LogP contribution in [0.15, 0.2) is 35.3 Å². The SMILES string of the molecule is CCC(=O)O.Cl.Nc1ccc2[nH]c(=O)c3[nH]ccc3c2c1. The van der Waals surface area contributed by atoms with E-state index in [9.17, 15) is 9.59 Å². The lowest BCUT2D eigenvalue weighted by molar-refractivity contribution is -0.136. The van der Waals surface area contributed by atoms with Gasteiger partial charge in [-0.1, -0.05) is 6.92 Å². The molecule has 0 unspecified atom stereocenters. The summed E-state index contributed by atoms with van der Waals surface area (Å²) in [4.78, 5) is 26.7. The smallest absolute Gasteiger partial charge is 0.303 e. The molecular formula is C14H16ClN3O3. The zero-order valence-electron chi connectivity index (χ0n) is 11.3. The largest absolute Gasteiger partial charge is 0.481 e. The minimum Gasteiger partial charge on any atom is -0.481 e. The Morgan fingerprint density at radius 1 is 1.29 bits per heavy atom. The molecule has 0 fully saturated rings. The van der Waals surface area contributed by atoms with E-state index in [2.05, 4.69) is 9.97 Å². The summed E-state index contributed by atoms with van der Waals surface area (Å²) in [6.07, 6.45) is 1.97. The van der Waals surface area contributed by atoms with Crippen molar-refractivity contribution >= 4 is 45.9 Å².